The molecule has 0 radical (unpaired) electrons. The highest BCUT2D eigenvalue weighted by atomic mass is 19.1. The fourth-order valence-electron chi connectivity index (χ4n) is 2.95. The maximum atomic E-state index is 13.0. The molecule has 1 amide bonds. The summed E-state index contributed by atoms with van der Waals surface area (Å²) in [6.07, 6.45) is 1.76. The van der Waals surface area contributed by atoms with Crippen molar-refractivity contribution >= 4 is 5.91 Å². The third-order valence-corrected chi connectivity index (χ3v) is 4.80. The first-order valence-corrected chi connectivity index (χ1v) is 7.35. The number of carbonyl (C=O) groups excluding carboxylic acids is 1. The molecule has 4 nitrogen and oxygen atoms in total. The summed E-state index contributed by atoms with van der Waals surface area (Å²) in [4.78, 5) is 12.5. The van der Waals surface area contributed by atoms with E-state index < -0.39 is 11.0 Å². The molecule has 1 aliphatic heterocycles. The zero-order chi connectivity index (χ0) is 15.1. The Morgan fingerprint density at radius 3 is 2.57 bits per heavy atom. The fraction of sp³-hybridized carbons (Fsp3) is 0.562. The van der Waals surface area contributed by atoms with Gasteiger partial charge in [-0.25, -0.2) is 4.39 Å². The lowest BCUT2D eigenvalue weighted by Gasteiger charge is -2.27. The molecule has 1 saturated heterocycles. The first-order chi connectivity index (χ1) is 9.96. The summed E-state index contributed by atoms with van der Waals surface area (Å²) in [5.74, 6) is -0.400. The Balaban J connectivity index is 1.67. The van der Waals surface area contributed by atoms with Crippen molar-refractivity contribution in [3.63, 3.8) is 0 Å². The average molecular weight is 293 g/mol. The molecule has 21 heavy (non-hydrogen) atoms. The van der Waals surface area contributed by atoms with Gasteiger partial charge in [-0.05, 0) is 37.5 Å². The van der Waals surface area contributed by atoms with Gasteiger partial charge < -0.3 is 15.2 Å². The zero-order valence-corrected chi connectivity index (χ0v) is 12.1. The number of halogens is 1. The predicted molar refractivity (Wildman–Crippen MR) is 75.3 cm³/mol. The van der Waals surface area contributed by atoms with Crippen LogP contribution in [0.25, 0.3) is 0 Å². The zero-order valence-electron chi connectivity index (χ0n) is 12.1. The van der Waals surface area contributed by atoms with Gasteiger partial charge in [0.15, 0.2) is 0 Å². The highest BCUT2D eigenvalue weighted by molar-refractivity contribution is 5.91. The number of hydrogen-bond donors (Lipinski definition) is 2. The minimum Gasteiger partial charge on any atom is -0.385 e. The Bertz CT molecular complexity index is 541. The first kappa shape index (κ1) is 14.5. The van der Waals surface area contributed by atoms with Crippen LogP contribution in [0.1, 0.15) is 31.7 Å². The smallest absolute Gasteiger partial charge is 0.230 e. The molecule has 2 aliphatic rings. The molecule has 2 N–H and O–H groups in total. The van der Waals surface area contributed by atoms with Crippen molar-refractivity contribution in [2.24, 2.45) is 0 Å². The molecule has 2 atom stereocenters. The lowest BCUT2D eigenvalue weighted by atomic mass is 9.93. The summed E-state index contributed by atoms with van der Waals surface area (Å²) >= 11 is 0. The van der Waals surface area contributed by atoms with Gasteiger partial charge in [0.1, 0.15) is 11.4 Å². The van der Waals surface area contributed by atoms with Crippen molar-refractivity contribution in [3.8, 4) is 0 Å². The van der Waals surface area contributed by atoms with Gasteiger partial charge >= 0.3 is 0 Å². The first-order valence-electron chi connectivity index (χ1n) is 7.35. The number of carbonyl (C=O) groups is 1. The number of nitrogens with one attached hydrogen (secondary N) is 1. The second-order valence-corrected chi connectivity index (χ2v) is 6.14. The highest BCUT2D eigenvalue weighted by Gasteiger charge is 2.52. The van der Waals surface area contributed by atoms with Crippen LogP contribution in [0.3, 0.4) is 0 Å². The maximum Gasteiger partial charge on any atom is 0.230 e. The van der Waals surface area contributed by atoms with Crippen molar-refractivity contribution < 1.29 is 19.0 Å². The number of amides is 1. The molecule has 0 spiro atoms. The van der Waals surface area contributed by atoms with Crippen LogP contribution in [-0.2, 0) is 14.9 Å². The number of benzene rings is 1. The van der Waals surface area contributed by atoms with Gasteiger partial charge in [-0.15, -0.1) is 0 Å². The van der Waals surface area contributed by atoms with Gasteiger partial charge in [0.25, 0.3) is 0 Å². The summed E-state index contributed by atoms with van der Waals surface area (Å²) < 4.78 is 18.4. The average Bonchev–Trinajstić information content (AvgIpc) is 3.21. The van der Waals surface area contributed by atoms with Gasteiger partial charge in [0, 0.05) is 19.6 Å². The van der Waals surface area contributed by atoms with E-state index in [-0.39, 0.29) is 24.4 Å². The van der Waals surface area contributed by atoms with Crippen LogP contribution in [0.4, 0.5) is 4.39 Å². The molecule has 0 bridgehead atoms. The third-order valence-electron chi connectivity index (χ3n) is 4.80. The van der Waals surface area contributed by atoms with Gasteiger partial charge in [-0.1, -0.05) is 12.1 Å². The standard InChI is InChI=1S/C16H20FNO3/c1-11-16(20,8-9-21-11)10-18-14(19)15(6-7-15)12-2-4-13(17)5-3-12/h2-5,11,20H,6-10H2,1H3,(H,18,19). The summed E-state index contributed by atoms with van der Waals surface area (Å²) in [5.41, 5.74) is -0.703. The second kappa shape index (κ2) is 5.07. The van der Waals surface area contributed by atoms with E-state index in [0.717, 1.165) is 18.4 Å². The molecule has 1 saturated carbocycles. The molecule has 1 heterocycles. The van der Waals surface area contributed by atoms with Gasteiger partial charge in [0.2, 0.25) is 5.91 Å². The van der Waals surface area contributed by atoms with Crippen molar-refractivity contribution in [1.82, 2.24) is 5.32 Å². The molecule has 2 fully saturated rings. The molecule has 5 heteroatoms. The van der Waals surface area contributed by atoms with Crippen LogP contribution in [0.2, 0.25) is 0 Å². The SMILES string of the molecule is CC1OCCC1(O)CNC(=O)C1(c2ccc(F)cc2)CC1. The lowest BCUT2D eigenvalue weighted by molar-refractivity contribution is -0.125. The van der Waals surface area contributed by atoms with Crippen molar-refractivity contribution in [1.29, 1.82) is 0 Å². The van der Waals surface area contributed by atoms with E-state index in [0.29, 0.717) is 13.0 Å². The summed E-state index contributed by atoms with van der Waals surface area (Å²) in [5, 5.41) is 13.3. The molecule has 1 aromatic carbocycles. The molecule has 114 valence electrons. The van der Waals surface area contributed by atoms with E-state index in [1.165, 1.54) is 12.1 Å². The van der Waals surface area contributed by atoms with Crippen molar-refractivity contribution in [2.45, 2.75) is 43.3 Å². The molecular weight excluding hydrogens is 273 g/mol. The van der Waals surface area contributed by atoms with E-state index in [4.69, 9.17) is 4.74 Å². The van der Waals surface area contributed by atoms with Crippen LogP contribution in [-0.4, -0.2) is 35.9 Å². The van der Waals surface area contributed by atoms with E-state index in [1.54, 1.807) is 12.1 Å². The highest BCUT2D eigenvalue weighted by Crippen LogP contribution is 2.48. The van der Waals surface area contributed by atoms with Gasteiger partial charge in [-0.3, -0.25) is 4.79 Å². The number of aliphatic hydroxyl groups is 1. The number of hydrogen-bond acceptors (Lipinski definition) is 3. The topological polar surface area (TPSA) is 58.6 Å². The molecule has 1 aliphatic carbocycles. The molecule has 0 aromatic heterocycles. The molecule has 2 unspecified atom stereocenters. The lowest BCUT2D eigenvalue weighted by Crippen LogP contribution is -2.49. The Morgan fingerprint density at radius 1 is 1.38 bits per heavy atom. The van der Waals surface area contributed by atoms with Crippen LogP contribution in [0.5, 0.6) is 0 Å². The Morgan fingerprint density at radius 2 is 2.05 bits per heavy atom. The van der Waals surface area contributed by atoms with E-state index in [9.17, 15) is 14.3 Å². The summed E-state index contributed by atoms with van der Waals surface area (Å²) in [6.45, 7) is 2.51. The van der Waals surface area contributed by atoms with E-state index in [2.05, 4.69) is 5.32 Å². The maximum absolute atomic E-state index is 13.0. The predicted octanol–water partition coefficient (Wildman–Crippen LogP) is 1.51. The van der Waals surface area contributed by atoms with Crippen LogP contribution >= 0.6 is 0 Å². The van der Waals surface area contributed by atoms with E-state index >= 15 is 0 Å². The molecular formula is C16H20FNO3. The summed E-state index contributed by atoms with van der Waals surface area (Å²) in [6, 6.07) is 6.09. The van der Waals surface area contributed by atoms with Crippen LogP contribution in [0.15, 0.2) is 24.3 Å². The Hall–Kier alpha value is -1.46. The van der Waals surface area contributed by atoms with Crippen molar-refractivity contribution in [2.75, 3.05) is 13.2 Å². The molecule has 1 aromatic rings. The fourth-order valence-corrected chi connectivity index (χ4v) is 2.95. The Labute approximate surface area is 123 Å². The summed E-state index contributed by atoms with van der Waals surface area (Å²) in [7, 11) is 0. The minimum absolute atomic E-state index is 0.0957. The van der Waals surface area contributed by atoms with Crippen LogP contribution < -0.4 is 5.32 Å². The quantitative estimate of drug-likeness (QED) is 0.885. The van der Waals surface area contributed by atoms with Crippen LogP contribution in [0, 0.1) is 5.82 Å². The minimum atomic E-state index is -0.992. The van der Waals surface area contributed by atoms with Gasteiger partial charge in [-0.2, -0.15) is 0 Å². The number of rotatable bonds is 4. The normalized spacial score (nSPS) is 30.1. The van der Waals surface area contributed by atoms with Crippen molar-refractivity contribution in [3.05, 3.63) is 35.6 Å². The largest absolute Gasteiger partial charge is 0.385 e. The third kappa shape index (κ3) is 2.56. The Kier molecular flexibility index (Phi) is 3.50. The monoisotopic (exact) mass is 293 g/mol. The number of ether oxygens (including phenoxy) is 1. The second-order valence-electron chi connectivity index (χ2n) is 6.14. The van der Waals surface area contributed by atoms with E-state index in [1.807, 2.05) is 6.92 Å². The van der Waals surface area contributed by atoms with Gasteiger partial charge in [0.05, 0.1) is 11.5 Å². The molecule has 3 rings (SSSR count).